The maximum atomic E-state index is 6.05. The first-order chi connectivity index (χ1) is 28.6. The molecule has 6 fully saturated rings. The first-order valence-electron chi connectivity index (χ1n) is 23.7. The molecule has 0 aromatic heterocycles. The van der Waals surface area contributed by atoms with Crippen molar-refractivity contribution in [1.29, 1.82) is 0 Å². The van der Waals surface area contributed by atoms with Crippen molar-refractivity contribution in [3.63, 3.8) is 0 Å². The summed E-state index contributed by atoms with van der Waals surface area (Å²) in [5, 5.41) is 0. The van der Waals surface area contributed by atoms with E-state index >= 15 is 0 Å². The van der Waals surface area contributed by atoms with E-state index in [1.165, 1.54) is 134 Å². The van der Waals surface area contributed by atoms with Crippen LogP contribution in [-0.4, -0.2) is 151 Å². The number of benzene rings is 2. The lowest BCUT2D eigenvalue weighted by Crippen LogP contribution is -2.47. The second kappa shape index (κ2) is 23.1. The van der Waals surface area contributed by atoms with Gasteiger partial charge in [-0.25, -0.2) is 0 Å². The molecular formula is C49H78N4O5. The fourth-order valence-corrected chi connectivity index (χ4v) is 10.8. The number of hydrogen-bond acceptors (Lipinski definition) is 9. The minimum atomic E-state index is 0.183. The van der Waals surface area contributed by atoms with Crippen molar-refractivity contribution in [2.45, 2.75) is 113 Å². The molecule has 324 valence electrons. The molecule has 2 aromatic carbocycles. The van der Waals surface area contributed by atoms with Crippen LogP contribution in [0.3, 0.4) is 0 Å². The van der Waals surface area contributed by atoms with Crippen LogP contribution in [0.5, 0.6) is 11.5 Å². The zero-order valence-corrected chi connectivity index (χ0v) is 36.4. The quantitative estimate of drug-likeness (QED) is 0.141. The molecule has 8 rings (SSSR count). The van der Waals surface area contributed by atoms with Gasteiger partial charge in [-0.3, -0.25) is 4.90 Å². The van der Waals surface area contributed by atoms with Gasteiger partial charge in [0.1, 0.15) is 11.5 Å². The molecule has 9 nitrogen and oxygen atoms in total. The smallest absolute Gasteiger partial charge is 0.119 e. The number of nitrogens with zero attached hydrogens (tertiary/aromatic N) is 4. The highest BCUT2D eigenvalue weighted by atomic mass is 16.5. The maximum Gasteiger partial charge on any atom is 0.119 e. The van der Waals surface area contributed by atoms with Gasteiger partial charge in [0.05, 0.1) is 19.8 Å². The Morgan fingerprint density at radius 1 is 0.534 bits per heavy atom. The summed E-state index contributed by atoms with van der Waals surface area (Å²) in [5.41, 5.74) is 3.36. The molecule has 9 heteroatoms. The van der Waals surface area contributed by atoms with Crippen LogP contribution >= 0.6 is 0 Å². The Labute approximate surface area is 352 Å². The molecule has 6 aliphatic heterocycles. The molecule has 6 aliphatic rings. The van der Waals surface area contributed by atoms with Crippen LogP contribution in [0.25, 0.3) is 0 Å². The lowest BCUT2D eigenvalue weighted by Gasteiger charge is -2.42. The zero-order valence-electron chi connectivity index (χ0n) is 36.4. The normalized spacial score (nSPS) is 24.4. The summed E-state index contributed by atoms with van der Waals surface area (Å²) < 4.78 is 29.0. The summed E-state index contributed by atoms with van der Waals surface area (Å²) in [4.78, 5) is 10.5. The highest BCUT2D eigenvalue weighted by Gasteiger charge is 2.39. The summed E-state index contributed by atoms with van der Waals surface area (Å²) >= 11 is 0. The standard InChI is InChI=1S/C25H40N2O3.C24H38N2O2/c1-28-20-23-6-4-16-27(23)21-25(11-18-29-19-12-25)22-7-9-24(10-8-22)30-17-5-15-26-13-2-3-14-26;1-2-15-26(16-3-1)21-24(11-19-27-20-12-24)22-7-9-23(10-8-22)28-18-6-17-25-13-4-5-14-25/h7-10,23H,2-6,11-21H2,1H3;7-10H,1-6,11-21H2/t23-;/m0./s1. The molecule has 6 saturated heterocycles. The van der Waals surface area contributed by atoms with Gasteiger partial charge in [0, 0.05) is 76.6 Å². The lowest BCUT2D eigenvalue weighted by molar-refractivity contribution is 0.0245. The highest BCUT2D eigenvalue weighted by molar-refractivity contribution is 5.34. The predicted octanol–water partition coefficient (Wildman–Crippen LogP) is 7.80. The van der Waals surface area contributed by atoms with E-state index in [1.807, 2.05) is 7.11 Å². The number of methoxy groups -OCH3 is 1. The number of piperidine rings is 1. The van der Waals surface area contributed by atoms with Gasteiger partial charge in [-0.2, -0.15) is 0 Å². The molecule has 58 heavy (non-hydrogen) atoms. The van der Waals surface area contributed by atoms with E-state index < -0.39 is 0 Å². The summed E-state index contributed by atoms with van der Waals surface area (Å²) in [5.74, 6) is 2.02. The Hall–Kier alpha value is -2.24. The van der Waals surface area contributed by atoms with E-state index in [0.717, 1.165) is 103 Å². The van der Waals surface area contributed by atoms with Gasteiger partial charge in [0.15, 0.2) is 0 Å². The van der Waals surface area contributed by atoms with E-state index in [1.54, 1.807) is 0 Å². The Kier molecular flexibility index (Phi) is 17.5. The third-order valence-electron chi connectivity index (χ3n) is 14.3. The Bertz CT molecular complexity index is 1410. The minimum Gasteiger partial charge on any atom is -0.494 e. The van der Waals surface area contributed by atoms with E-state index in [-0.39, 0.29) is 10.8 Å². The minimum absolute atomic E-state index is 0.183. The van der Waals surface area contributed by atoms with Crippen LogP contribution in [0.4, 0.5) is 0 Å². The molecular weight excluding hydrogens is 725 g/mol. The second-order valence-corrected chi connectivity index (χ2v) is 18.4. The van der Waals surface area contributed by atoms with Crippen LogP contribution in [-0.2, 0) is 25.0 Å². The average Bonchev–Trinajstić information content (AvgIpc) is 4.08. The fraction of sp³-hybridized carbons (Fsp3) is 0.755. The number of hydrogen-bond donors (Lipinski definition) is 0. The van der Waals surface area contributed by atoms with Gasteiger partial charge in [-0.15, -0.1) is 0 Å². The molecule has 2 aromatic rings. The molecule has 0 spiro atoms. The van der Waals surface area contributed by atoms with Crippen LogP contribution in [0, 0.1) is 0 Å². The van der Waals surface area contributed by atoms with Gasteiger partial charge in [0.2, 0.25) is 0 Å². The van der Waals surface area contributed by atoms with Crippen molar-refractivity contribution in [2.24, 2.45) is 0 Å². The topological polar surface area (TPSA) is 59.1 Å². The van der Waals surface area contributed by atoms with Crippen LogP contribution in [0.2, 0.25) is 0 Å². The molecule has 0 N–H and O–H groups in total. The molecule has 0 saturated carbocycles. The first kappa shape index (κ1) is 43.8. The monoisotopic (exact) mass is 803 g/mol. The Morgan fingerprint density at radius 2 is 0.983 bits per heavy atom. The molecule has 6 heterocycles. The van der Waals surface area contributed by atoms with Gasteiger partial charge in [-0.05, 0) is 171 Å². The van der Waals surface area contributed by atoms with Gasteiger partial charge >= 0.3 is 0 Å². The first-order valence-corrected chi connectivity index (χ1v) is 23.7. The van der Waals surface area contributed by atoms with Crippen molar-refractivity contribution in [3.8, 4) is 11.5 Å². The van der Waals surface area contributed by atoms with Crippen LogP contribution < -0.4 is 9.47 Å². The van der Waals surface area contributed by atoms with Crippen molar-refractivity contribution in [1.82, 2.24) is 19.6 Å². The van der Waals surface area contributed by atoms with Gasteiger partial charge in [-0.1, -0.05) is 30.7 Å². The summed E-state index contributed by atoms with van der Waals surface area (Å²) in [6.45, 7) is 19.4. The Balaban J connectivity index is 0.000000177. The molecule has 1 atom stereocenters. The maximum absolute atomic E-state index is 6.05. The molecule has 0 radical (unpaired) electrons. The fourth-order valence-electron chi connectivity index (χ4n) is 10.8. The zero-order chi connectivity index (χ0) is 39.7. The van der Waals surface area contributed by atoms with E-state index in [9.17, 15) is 0 Å². The van der Waals surface area contributed by atoms with Crippen molar-refractivity contribution < 1.29 is 23.7 Å². The molecule has 0 aliphatic carbocycles. The summed E-state index contributed by atoms with van der Waals surface area (Å²) in [7, 11) is 1.82. The van der Waals surface area contributed by atoms with Crippen LogP contribution in [0.1, 0.15) is 107 Å². The Morgan fingerprint density at radius 3 is 1.47 bits per heavy atom. The predicted molar refractivity (Wildman–Crippen MR) is 235 cm³/mol. The largest absolute Gasteiger partial charge is 0.494 e. The SMILES string of the molecule is COC[C@@H]1CCCN1CC1(c2ccc(OCCCN3CCCC3)cc2)CCOCC1.c1cc(C2(CN3CCCCC3)CCOCC2)ccc1OCCCN1CCCC1. The number of ether oxygens (including phenoxy) is 5. The van der Waals surface area contributed by atoms with Crippen molar-refractivity contribution in [2.75, 3.05) is 125 Å². The van der Waals surface area contributed by atoms with Crippen LogP contribution in [0.15, 0.2) is 48.5 Å². The second-order valence-electron chi connectivity index (χ2n) is 18.4. The number of likely N-dealkylation sites (tertiary alicyclic amines) is 4. The van der Waals surface area contributed by atoms with Gasteiger partial charge in [0.25, 0.3) is 0 Å². The van der Waals surface area contributed by atoms with E-state index in [2.05, 4.69) is 68.1 Å². The third-order valence-corrected chi connectivity index (χ3v) is 14.3. The molecule has 0 bridgehead atoms. The van der Waals surface area contributed by atoms with Crippen molar-refractivity contribution >= 4 is 0 Å². The van der Waals surface area contributed by atoms with E-state index in [4.69, 9.17) is 23.7 Å². The summed E-state index contributed by atoms with van der Waals surface area (Å²) in [6, 6.07) is 18.6. The summed E-state index contributed by atoms with van der Waals surface area (Å²) in [6.07, 6.45) is 18.8. The lowest BCUT2D eigenvalue weighted by atomic mass is 9.73. The van der Waals surface area contributed by atoms with Crippen molar-refractivity contribution in [3.05, 3.63) is 59.7 Å². The number of rotatable bonds is 18. The van der Waals surface area contributed by atoms with E-state index in [0.29, 0.717) is 6.04 Å². The molecule has 0 unspecified atom stereocenters. The average molecular weight is 803 g/mol. The third kappa shape index (κ3) is 12.7. The highest BCUT2D eigenvalue weighted by Crippen LogP contribution is 2.39. The molecule has 0 amide bonds. The van der Waals surface area contributed by atoms with Gasteiger partial charge < -0.3 is 38.4 Å².